The van der Waals surface area contributed by atoms with Crippen molar-refractivity contribution in [2.45, 2.75) is 25.0 Å². The zero-order valence-electron chi connectivity index (χ0n) is 10.9. The van der Waals surface area contributed by atoms with Crippen LogP contribution in [0.2, 0.25) is 0 Å². The highest BCUT2D eigenvalue weighted by molar-refractivity contribution is 5.89. The van der Waals surface area contributed by atoms with E-state index in [4.69, 9.17) is 9.47 Å². The number of hydrogen-bond acceptors (Lipinski definition) is 5. The number of ether oxygens (including phenoxy) is 2. The van der Waals surface area contributed by atoms with E-state index in [0.29, 0.717) is 18.4 Å². The topological polar surface area (TPSA) is 72.8 Å². The molecule has 1 aromatic carbocycles. The Balaban J connectivity index is 1.61. The quantitative estimate of drug-likeness (QED) is 0.839. The summed E-state index contributed by atoms with van der Waals surface area (Å²) < 4.78 is 10.4. The number of carbonyl (C=O) groups excluding carboxylic acids is 2. The number of esters is 2. The van der Waals surface area contributed by atoms with Crippen LogP contribution in [-0.2, 0) is 14.3 Å². The molecule has 1 saturated heterocycles. The highest BCUT2D eigenvalue weighted by Crippen LogP contribution is 2.41. The smallest absolute Gasteiger partial charge is 0.338 e. The fraction of sp³-hybridized carbons (Fsp3) is 0.467. The van der Waals surface area contributed by atoms with Crippen molar-refractivity contribution in [2.24, 2.45) is 11.8 Å². The number of hydrogen-bond donors (Lipinski definition) is 1. The van der Waals surface area contributed by atoms with Crippen LogP contribution in [0.4, 0.5) is 0 Å². The van der Waals surface area contributed by atoms with E-state index in [0.717, 1.165) is 0 Å². The maximum Gasteiger partial charge on any atom is 0.338 e. The van der Waals surface area contributed by atoms with Gasteiger partial charge < -0.3 is 14.6 Å². The molecule has 1 aromatic rings. The predicted octanol–water partition coefficient (Wildman–Crippen LogP) is 1.16. The molecule has 20 heavy (non-hydrogen) atoms. The first-order valence-electron chi connectivity index (χ1n) is 6.75. The number of aliphatic hydroxyl groups is 1. The van der Waals surface area contributed by atoms with Gasteiger partial charge in [0.2, 0.25) is 0 Å². The van der Waals surface area contributed by atoms with Crippen LogP contribution >= 0.6 is 0 Å². The second kappa shape index (κ2) is 5.25. The van der Waals surface area contributed by atoms with Crippen LogP contribution in [0.25, 0.3) is 0 Å². The monoisotopic (exact) mass is 276 g/mol. The summed E-state index contributed by atoms with van der Waals surface area (Å²) in [5.41, 5.74) is 0.482. The molecule has 0 unspecified atom stereocenters. The number of carbonyl (C=O) groups is 2. The number of aliphatic hydroxyl groups excluding tert-OH is 1. The second-order valence-electron chi connectivity index (χ2n) is 5.33. The van der Waals surface area contributed by atoms with Crippen LogP contribution in [0.1, 0.15) is 23.2 Å². The molecule has 5 heteroatoms. The molecule has 2 fully saturated rings. The van der Waals surface area contributed by atoms with E-state index in [1.54, 1.807) is 24.3 Å². The van der Waals surface area contributed by atoms with Crippen LogP contribution in [0.15, 0.2) is 30.3 Å². The van der Waals surface area contributed by atoms with Gasteiger partial charge in [0.05, 0.1) is 24.7 Å². The van der Waals surface area contributed by atoms with Crippen molar-refractivity contribution in [2.75, 3.05) is 6.61 Å². The van der Waals surface area contributed by atoms with Gasteiger partial charge in [-0.15, -0.1) is 0 Å². The summed E-state index contributed by atoms with van der Waals surface area (Å²) in [6.45, 7) is 0.118. The van der Waals surface area contributed by atoms with Crippen molar-refractivity contribution in [3.8, 4) is 0 Å². The third-order valence-electron chi connectivity index (χ3n) is 4.10. The molecule has 1 saturated carbocycles. The molecular weight excluding hydrogens is 260 g/mol. The molecule has 0 radical (unpaired) electrons. The lowest BCUT2D eigenvalue weighted by molar-refractivity contribution is -0.141. The van der Waals surface area contributed by atoms with E-state index >= 15 is 0 Å². The summed E-state index contributed by atoms with van der Waals surface area (Å²) in [4.78, 5) is 23.1. The number of benzene rings is 1. The molecule has 5 nitrogen and oxygen atoms in total. The minimum absolute atomic E-state index is 0.0407. The van der Waals surface area contributed by atoms with E-state index in [1.807, 2.05) is 6.07 Å². The van der Waals surface area contributed by atoms with Crippen LogP contribution < -0.4 is 0 Å². The molecule has 4 atom stereocenters. The van der Waals surface area contributed by atoms with E-state index < -0.39 is 12.1 Å². The highest BCUT2D eigenvalue weighted by Gasteiger charge is 2.50. The predicted molar refractivity (Wildman–Crippen MR) is 68.8 cm³/mol. The largest absolute Gasteiger partial charge is 0.462 e. The molecule has 0 aromatic heterocycles. The summed E-state index contributed by atoms with van der Waals surface area (Å²) >= 11 is 0. The van der Waals surface area contributed by atoms with Crippen molar-refractivity contribution in [1.29, 1.82) is 0 Å². The molecule has 0 bridgehead atoms. The Morgan fingerprint density at radius 2 is 2.10 bits per heavy atom. The Kier molecular flexibility index (Phi) is 3.44. The van der Waals surface area contributed by atoms with Crippen molar-refractivity contribution < 1.29 is 24.2 Å². The zero-order valence-corrected chi connectivity index (χ0v) is 10.9. The van der Waals surface area contributed by atoms with Gasteiger partial charge in [0.25, 0.3) is 0 Å². The zero-order chi connectivity index (χ0) is 14.1. The SMILES string of the molecule is O=C1C[C@H]2[C@H](COC(=O)c3ccccc3)[C@@H](O)C[C@H]2O1. The van der Waals surface area contributed by atoms with Gasteiger partial charge in [-0.05, 0) is 12.1 Å². The second-order valence-corrected chi connectivity index (χ2v) is 5.33. The van der Waals surface area contributed by atoms with Gasteiger partial charge >= 0.3 is 11.9 Å². The van der Waals surface area contributed by atoms with Gasteiger partial charge in [0, 0.05) is 18.3 Å². The normalized spacial score (nSPS) is 31.8. The Morgan fingerprint density at radius 1 is 1.35 bits per heavy atom. The van der Waals surface area contributed by atoms with Gasteiger partial charge in [0.1, 0.15) is 6.10 Å². The van der Waals surface area contributed by atoms with E-state index in [1.165, 1.54) is 0 Å². The first-order chi connectivity index (χ1) is 9.65. The first kappa shape index (κ1) is 13.1. The van der Waals surface area contributed by atoms with Crippen LogP contribution in [0, 0.1) is 11.8 Å². The Bertz CT molecular complexity index is 512. The van der Waals surface area contributed by atoms with Crippen molar-refractivity contribution in [1.82, 2.24) is 0 Å². The van der Waals surface area contributed by atoms with Crippen molar-refractivity contribution >= 4 is 11.9 Å². The van der Waals surface area contributed by atoms with E-state index in [2.05, 4.69) is 0 Å². The molecule has 0 spiro atoms. The van der Waals surface area contributed by atoms with Crippen molar-refractivity contribution in [3.05, 3.63) is 35.9 Å². The first-order valence-corrected chi connectivity index (χ1v) is 6.75. The molecule has 0 amide bonds. The van der Waals surface area contributed by atoms with Gasteiger partial charge in [-0.1, -0.05) is 18.2 Å². The fourth-order valence-corrected chi connectivity index (χ4v) is 3.04. The van der Waals surface area contributed by atoms with Crippen LogP contribution in [0.3, 0.4) is 0 Å². The molecule has 1 aliphatic carbocycles. The standard InChI is InChI=1S/C15H16O5/c16-12-7-13-10(6-14(17)20-13)11(12)8-19-15(18)9-4-2-1-3-5-9/h1-5,10-13,16H,6-8H2/t10-,11-,12-,13+/m0/s1. The lowest BCUT2D eigenvalue weighted by atomic mass is 9.93. The maximum absolute atomic E-state index is 11.9. The number of fused-ring (bicyclic) bond motifs is 1. The van der Waals surface area contributed by atoms with Gasteiger partial charge in [0.15, 0.2) is 0 Å². The van der Waals surface area contributed by atoms with E-state index in [-0.39, 0.29) is 30.5 Å². The van der Waals surface area contributed by atoms with Crippen LogP contribution in [-0.4, -0.2) is 35.9 Å². The summed E-state index contributed by atoms with van der Waals surface area (Å²) in [5.74, 6) is -0.905. The Morgan fingerprint density at radius 3 is 2.85 bits per heavy atom. The molecular formula is C15H16O5. The summed E-state index contributed by atoms with van der Waals surface area (Å²) in [6.07, 6.45) is -0.0706. The average molecular weight is 276 g/mol. The Labute approximate surface area is 116 Å². The number of rotatable bonds is 3. The lowest BCUT2D eigenvalue weighted by Gasteiger charge is -2.18. The molecule has 3 rings (SSSR count). The third kappa shape index (κ3) is 2.41. The molecule has 1 heterocycles. The summed E-state index contributed by atoms with van der Waals surface area (Å²) in [7, 11) is 0. The third-order valence-corrected chi connectivity index (χ3v) is 4.10. The summed E-state index contributed by atoms with van der Waals surface area (Å²) in [5, 5.41) is 9.98. The molecule has 1 N–H and O–H groups in total. The summed E-state index contributed by atoms with van der Waals surface area (Å²) in [6, 6.07) is 8.71. The fourth-order valence-electron chi connectivity index (χ4n) is 3.04. The van der Waals surface area contributed by atoms with Gasteiger partial charge in [-0.25, -0.2) is 4.79 Å². The van der Waals surface area contributed by atoms with Gasteiger partial charge in [-0.2, -0.15) is 0 Å². The van der Waals surface area contributed by atoms with Gasteiger partial charge in [-0.3, -0.25) is 4.79 Å². The van der Waals surface area contributed by atoms with Crippen molar-refractivity contribution in [3.63, 3.8) is 0 Å². The molecule has 2 aliphatic rings. The minimum Gasteiger partial charge on any atom is -0.462 e. The highest BCUT2D eigenvalue weighted by atomic mass is 16.6. The average Bonchev–Trinajstić information content (AvgIpc) is 2.92. The maximum atomic E-state index is 11.9. The molecule has 106 valence electrons. The Hall–Kier alpha value is -1.88. The minimum atomic E-state index is -0.582. The van der Waals surface area contributed by atoms with Crippen LogP contribution in [0.5, 0.6) is 0 Å². The molecule has 1 aliphatic heterocycles. The van der Waals surface area contributed by atoms with E-state index in [9.17, 15) is 14.7 Å². The lowest BCUT2D eigenvalue weighted by Crippen LogP contribution is -2.26.